The normalized spacial score (nSPS) is 11.9. The molecule has 0 amide bonds. The van der Waals surface area contributed by atoms with Crippen LogP contribution in [-0.2, 0) is 39.9 Å². The highest BCUT2D eigenvalue weighted by Crippen LogP contribution is 2.36. The Kier molecular flexibility index (Phi) is 46.8. The molecule has 5 heteroatoms. The highest BCUT2D eigenvalue weighted by Gasteiger charge is 2.23. The molecule has 0 radical (unpaired) electrons. The van der Waals surface area contributed by atoms with E-state index in [0.29, 0.717) is 41.4 Å². The number of aromatic amines is 1. The first kappa shape index (κ1) is 103. The largest absolute Gasteiger partial charge is 0.358 e. The van der Waals surface area contributed by atoms with Gasteiger partial charge in [-0.2, -0.15) is 0 Å². The monoisotopic (exact) mass is 1330 g/mol. The van der Waals surface area contributed by atoms with E-state index in [9.17, 15) is 0 Å². The van der Waals surface area contributed by atoms with Crippen LogP contribution in [0, 0.1) is 11.8 Å². The van der Waals surface area contributed by atoms with Crippen molar-refractivity contribution in [1.29, 1.82) is 0 Å². The molecule has 1 aliphatic heterocycles. The summed E-state index contributed by atoms with van der Waals surface area (Å²) in [5, 5.41) is 4.74. The molecule has 9 rings (SSSR count). The van der Waals surface area contributed by atoms with Crippen molar-refractivity contribution < 1.29 is 0 Å². The summed E-state index contributed by atoms with van der Waals surface area (Å²) in [5.41, 5.74) is 22.9. The van der Waals surface area contributed by atoms with E-state index in [1.54, 1.807) is 16.9 Å². The van der Waals surface area contributed by atoms with Gasteiger partial charge in [0.2, 0.25) is 0 Å². The van der Waals surface area contributed by atoms with E-state index in [-0.39, 0.29) is 101 Å². The van der Waals surface area contributed by atoms with Gasteiger partial charge in [-0.05, 0) is 143 Å². The van der Waals surface area contributed by atoms with Crippen LogP contribution in [0.2, 0.25) is 0 Å². The number of hydrogen-bond donors (Lipinski definition) is 1. The molecule has 0 saturated carbocycles. The smallest absolute Gasteiger partial charge is 0.0953 e. The SMILES string of the molecule is C.C.C.C.C.C.C.C.C.C.CC(C)C1=Cc2cc(C(C)(C)C)ccc2C1.CC(C)C1=Nc2cc(C(C)(C)C)ccc2C1.CC(C)c1cc2ccc(C(C)(C)C)cc2[nH]1.CC(C)c1ccc(C(C)(C)C)cc1.CC(C)c1ccc(C(C)(C)C)nc1.CC(C)c1csc(C(C)C)n1. The number of nitrogens with one attached hydrogen (secondary N) is 1. The van der Waals surface area contributed by atoms with Crippen molar-refractivity contribution in [2.24, 2.45) is 16.8 Å². The zero-order valence-corrected chi connectivity index (χ0v) is 60.0. The number of fused-ring (bicyclic) bond motifs is 3. The second kappa shape index (κ2) is 43.1. The summed E-state index contributed by atoms with van der Waals surface area (Å²) in [4.78, 5) is 17.2. The number of aliphatic imine (C=N–C) groups is 1. The van der Waals surface area contributed by atoms with Crippen LogP contribution in [0.5, 0.6) is 0 Å². The van der Waals surface area contributed by atoms with E-state index in [1.165, 1.54) is 88.8 Å². The summed E-state index contributed by atoms with van der Waals surface area (Å²) < 4.78 is 0. The van der Waals surface area contributed by atoms with Gasteiger partial charge < -0.3 is 4.98 Å². The zero-order valence-electron chi connectivity index (χ0n) is 59.2. The van der Waals surface area contributed by atoms with E-state index in [4.69, 9.17) is 4.99 Å². The molecule has 0 unspecified atom stereocenters. The molecule has 2 aliphatic rings. The summed E-state index contributed by atoms with van der Waals surface area (Å²) in [5.74, 6) is 4.14. The lowest BCUT2D eigenvalue weighted by Gasteiger charge is -2.19. The van der Waals surface area contributed by atoms with E-state index < -0.39 is 0 Å². The third-order valence-corrected chi connectivity index (χ3v) is 17.3. The van der Waals surface area contributed by atoms with Crippen molar-refractivity contribution >= 4 is 39.7 Å². The van der Waals surface area contributed by atoms with Crippen LogP contribution in [-0.4, -0.2) is 20.7 Å². The molecule has 0 spiro atoms. The summed E-state index contributed by atoms with van der Waals surface area (Å²) in [7, 11) is 0. The second-order valence-electron chi connectivity index (χ2n) is 31.5. The number of pyridine rings is 1. The van der Waals surface area contributed by atoms with Crippen LogP contribution >= 0.6 is 11.3 Å². The molecule has 4 aromatic carbocycles. The number of H-pyrrole nitrogens is 1. The number of allylic oxidation sites excluding steroid dienone is 1. The summed E-state index contributed by atoms with van der Waals surface area (Å²) in [6.45, 7) is 64.6. The van der Waals surface area contributed by atoms with Crippen LogP contribution < -0.4 is 0 Å². The fourth-order valence-electron chi connectivity index (χ4n) is 9.52. The molecular weight excluding hydrogens is 1170 g/mol. The summed E-state index contributed by atoms with van der Waals surface area (Å²) in [6, 6.07) is 36.0. The van der Waals surface area contributed by atoms with Gasteiger partial charge in [-0.15, -0.1) is 11.3 Å². The van der Waals surface area contributed by atoms with Crippen LogP contribution in [0.3, 0.4) is 0 Å². The maximum atomic E-state index is 4.74. The Bertz CT molecular complexity index is 3070. The van der Waals surface area contributed by atoms with E-state index in [1.807, 2.05) is 6.20 Å². The molecule has 4 nitrogen and oxygen atoms in total. The van der Waals surface area contributed by atoms with Crippen molar-refractivity contribution in [3.8, 4) is 0 Å². The summed E-state index contributed by atoms with van der Waals surface area (Å²) >= 11 is 1.77. The average Bonchev–Trinajstić information content (AvgIpc) is 1.72. The van der Waals surface area contributed by atoms with E-state index >= 15 is 0 Å². The van der Waals surface area contributed by atoms with Crippen molar-refractivity contribution in [2.45, 2.75) is 345 Å². The Morgan fingerprint density at radius 3 is 1.24 bits per heavy atom. The number of thiazole rings is 1. The maximum Gasteiger partial charge on any atom is 0.0953 e. The quantitative estimate of drug-likeness (QED) is 0.173. The minimum absolute atomic E-state index is 0. The van der Waals surface area contributed by atoms with Gasteiger partial charge in [0.15, 0.2) is 0 Å². The minimum atomic E-state index is 0. The Balaban J connectivity index is -0.000000192. The zero-order chi connectivity index (χ0) is 64.3. The molecule has 7 aromatic rings. The number of aromatic nitrogens is 3. The molecule has 0 bridgehead atoms. The minimum Gasteiger partial charge on any atom is -0.358 e. The molecule has 1 N–H and O–H groups in total. The number of rotatable bonds is 7. The van der Waals surface area contributed by atoms with Crippen molar-refractivity contribution in [2.75, 3.05) is 0 Å². The molecule has 4 heterocycles. The van der Waals surface area contributed by atoms with Crippen LogP contribution in [0.25, 0.3) is 17.0 Å². The molecule has 0 atom stereocenters. The number of benzene rings is 4. The number of nitrogens with zero attached hydrogens (tertiary/aromatic N) is 3. The van der Waals surface area contributed by atoms with Gasteiger partial charge in [-0.3, -0.25) is 9.98 Å². The topological polar surface area (TPSA) is 53.9 Å². The predicted molar refractivity (Wildman–Crippen MR) is 447 cm³/mol. The predicted octanol–water partition coefficient (Wildman–Crippen LogP) is 30.8. The molecule has 1 aliphatic carbocycles. The Hall–Kier alpha value is -5.39. The standard InChI is InChI=1S/C16H22.2C15H21N.C13H20.C12H19N.C9H15NS.10CH4/c1-11(2)13-8-12-6-7-15(16(3,4)5)10-14(12)9-13;2*1-10(2)13-8-11-6-7-12(15(3,4)5)9-14(11)16-13;1-10(2)11-6-8-12(9-7-11)13(3,4)5;1-9(2)10-6-7-11(13-8-10)12(3,4)5;1-6(2)8-5-11-9(10-8)7(3)4;;;;;;;;;;/h6-7,9-11H,8H2,1-5H3;6-7,9-10H,8H2,1-5H3;6-10,16H,1-5H3;6-10H,1-5H3;6-9H,1-5H3;5-7H,1-4H3;10*1H4. The Morgan fingerprint density at radius 2 is 0.853 bits per heavy atom. The number of hydrogen-bond acceptors (Lipinski definition) is 4. The van der Waals surface area contributed by atoms with Gasteiger partial charge in [0.25, 0.3) is 0 Å². The van der Waals surface area contributed by atoms with Gasteiger partial charge in [0.1, 0.15) is 0 Å². The highest BCUT2D eigenvalue weighted by atomic mass is 32.1. The maximum absolute atomic E-state index is 4.74. The van der Waals surface area contributed by atoms with Crippen LogP contribution in [0.4, 0.5) is 5.69 Å². The first-order chi connectivity index (χ1) is 39.1. The van der Waals surface area contributed by atoms with Gasteiger partial charge in [0.05, 0.1) is 16.4 Å². The van der Waals surface area contributed by atoms with Crippen LogP contribution in [0.15, 0.2) is 119 Å². The van der Waals surface area contributed by atoms with Crippen molar-refractivity contribution in [3.05, 3.63) is 186 Å². The van der Waals surface area contributed by atoms with E-state index in [2.05, 4.69) is 324 Å². The van der Waals surface area contributed by atoms with Crippen molar-refractivity contribution in [3.63, 3.8) is 0 Å². The second-order valence-corrected chi connectivity index (χ2v) is 32.4. The molecule has 3 aromatic heterocycles. The van der Waals surface area contributed by atoms with E-state index in [0.717, 1.165) is 18.5 Å². The van der Waals surface area contributed by atoms with Gasteiger partial charge >= 0.3 is 0 Å². The highest BCUT2D eigenvalue weighted by molar-refractivity contribution is 7.09. The lowest BCUT2D eigenvalue weighted by atomic mass is 9.85. The van der Waals surface area contributed by atoms with Crippen LogP contribution in [0.1, 0.15) is 377 Å². The third-order valence-electron chi connectivity index (χ3n) is 16.2. The first-order valence-corrected chi connectivity index (χ1v) is 33.1. The average molecular weight is 1330 g/mol. The molecular formula is C90H158N4S. The lowest BCUT2D eigenvalue weighted by Crippen LogP contribution is -2.13. The van der Waals surface area contributed by atoms with Crippen molar-refractivity contribution in [1.82, 2.24) is 15.0 Å². The fraction of sp³-hybridized carbons (Fsp3) is 0.589. The molecule has 0 saturated heterocycles. The fourth-order valence-corrected chi connectivity index (χ4v) is 10.5. The summed E-state index contributed by atoms with van der Waals surface area (Å²) in [6.07, 6.45) is 6.56. The molecule has 95 heavy (non-hydrogen) atoms. The molecule has 544 valence electrons. The first-order valence-electron chi connectivity index (χ1n) is 32.3. The Labute approximate surface area is 598 Å². The third kappa shape index (κ3) is 31.8. The lowest BCUT2D eigenvalue weighted by molar-refractivity contribution is 0.567. The van der Waals surface area contributed by atoms with Gasteiger partial charge in [-0.1, -0.05) is 360 Å². The Morgan fingerprint density at radius 1 is 0.400 bits per heavy atom. The molecule has 0 fully saturated rings. The van der Waals surface area contributed by atoms with Gasteiger partial charge in [-0.25, -0.2) is 4.98 Å². The van der Waals surface area contributed by atoms with Gasteiger partial charge in [0, 0.05) is 51.9 Å².